The largest absolute Gasteiger partial charge is 0.508 e. The van der Waals surface area contributed by atoms with E-state index >= 15 is 0 Å². The van der Waals surface area contributed by atoms with Gasteiger partial charge in [0.15, 0.2) is 5.82 Å². The maximum Gasteiger partial charge on any atom is 0.224 e. The summed E-state index contributed by atoms with van der Waals surface area (Å²) in [6.45, 7) is 1.86. The predicted molar refractivity (Wildman–Crippen MR) is 62.4 cm³/mol. The van der Waals surface area contributed by atoms with Gasteiger partial charge in [-0.2, -0.15) is 0 Å². The molecule has 0 fully saturated rings. The standard InChI is InChI=1S/C11H14N4O/c1-7-8(5-4-6-9(7)16)10-13-14-11(12-2)15(10)3/h4-6,16H,1-3H3,(H,12,14). The Bertz CT molecular complexity index is 519. The summed E-state index contributed by atoms with van der Waals surface area (Å²) < 4.78 is 1.85. The van der Waals surface area contributed by atoms with E-state index in [0.29, 0.717) is 5.95 Å². The summed E-state index contributed by atoms with van der Waals surface area (Å²) in [7, 11) is 3.67. The minimum atomic E-state index is 0.270. The number of aromatic nitrogens is 3. The van der Waals surface area contributed by atoms with Crippen LogP contribution in [0.15, 0.2) is 18.2 Å². The minimum absolute atomic E-state index is 0.270. The molecule has 0 aliphatic carbocycles. The molecule has 1 aromatic heterocycles. The SMILES string of the molecule is CNc1nnc(-c2cccc(O)c2C)n1C. The van der Waals surface area contributed by atoms with Crippen LogP contribution in [-0.4, -0.2) is 26.9 Å². The summed E-state index contributed by atoms with van der Waals surface area (Å²) in [4.78, 5) is 0. The molecule has 0 aliphatic heterocycles. The van der Waals surface area contributed by atoms with Gasteiger partial charge in [-0.3, -0.25) is 4.57 Å². The lowest BCUT2D eigenvalue weighted by atomic mass is 10.1. The summed E-state index contributed by atoms with van der Waals surface area (Å²) in [6.07, 6.45) is 0. The molecule has 2 aromatic rings. The highest BCUT2D eigenvalue weighted by molar-refractivity contribution is 5.64. The second-order valence-corrected chi connectivity index (χ2v) is 3.61. The van der Waals surface area contributed by atoms with Crippen LogP contribution in [-0.2, 0) is 7.05 Å². The van der Waals surface area contributed by atoms with Crippen LogP contribution in [0, 0.1) is 6.92 Å². The summed E-state index contributed by atoms with van der Waals surface area (Å²) in [5.74, 6) is 1.70. The summed E-state index contributed by atoms with van der Waals surface area (Å²) >= 11 is 0. The highest BCUT2D eigenvalue weighted by Crippen LogP contribution is 2.28. The number of nitrogens with zero attached hydrogens (tertiary/aromatic N) is 3. The monoisotopic (exact) mass is 218 g/mol. The Labute approximate surface area is 93.8 Å². The second-order valence-electron chi connectivity index (χ2n) is 3.61. The number of rotatable bonds is 2. The highest BCUT2D eigenvalue weighted by Gasteiger charge is 2.12. The third-order valence-corrected chi connectivity index (χ3v) is 2.64. The number of hydrogen-bond acceptors (Lipinski definition) is 4. The number of phenolic OH excluding ortho intramolecular Hbond substituents is 1. The van der Waals surface area contributed by atoms with Gasteiger partial charge in [-0.05, 0) is 13.0 Å². The van der Waals surface area contributed by atoms with Gasteiger partial charge in [0.05, 0.1) is 0 Å². The third kappa shape index (κ3) is 1.50. The fourth-order valence-electron chi connectivity index (χ4n) is 1.65. The maximum absolute atomic E-state index is 9.64. The van der Waals surface area contributed by atoms with E-state index in [1.54, 1.807) is 19.2 Å². The van der Waals surface area contributed by atoms with Crippen molar-refractivity contribution in [3.8, 4) is 17.1 Å². The summed E-state index contributed by atoms with van der Waals surface area (Å²) in [5.41, 5.74) is 1.69. The molecule has 5 nitrogen and oxygen atoms in total. The number of anilines is 1. The average molecular weight is 218 g/mol. The topological polar surface area (TPSA) is 63.0 Å². The molecule has 0 saturated carbocycles. The predicted octanol–water partition coefficient (Wildman–Crippen LogP) is 1.54. The van der Waals surface area contributed by atoms with Gasteiger partial charge in [-0.25, -0.2) is 0 Å². The molecule has 0 bridgehead atoms. The van der Waals surface area contributed by atoms with Gasteiger partial charge >= 0.3 is 0 Å². The Balaban J connectivity index is 2.59. The van der Waals surface area contributed by atoms with E-state index in [0.717, 1.165) is 17.0 Å². The molecule has 16 heavy (non-hydrogen) atoms. The number of aromatic hydroxyl groups is 1. The molecule has 0 unspecified atom stereocenters. The average Bonchev–Trinajstić information content (AvgIpc) is 2.64. The first-order chi connectivity index (χ1) is 7.65. The van der Waals surface area contributed by atoms with Crippen molar-refractivity contribution in [1.82, 2.24) is 14.8 Å². The normalized spacial score (nSPS) is 10.4. The molecule has 84 valence electrons. The molecule has 0 amide bonds. The zero-order chi connectivity index (χ0) is 11.7. The van der Waals surface area contributed by atoms with Crippen molar-refractivity contribution in [2.24, 2.45) is 7.05 Å². The molecule has 0 aliphatic rings. The van der Waals surface area contributed by atoms with Gasteiger partial charge in [-0.15, -0.1) is 10.2 Å². The Morgan fingerprint density at radius 3 is 2.69 bits per heavy atom. The zero-order valence-corrected chi connectivity index (χ0v) is 9.52. The van der Waals surface area contributed by atoms with Crippen molar-refractivity contribution in [3.05, 3.63) is 23.8 Å². The number of benzene rings is 1. The molecule has 1 aromatic carbocycles. The molecule has 2 N–H and O–H groups in total. The van der Waals surface area contributed by atoms with Crippen LogP contribution < -0.4 is 5.32 Å². The van der Waals surface area contributed by atoms with Gasteiger partial charge < -0.3 is 10.4 Å². The van der Waals surface area contributed by atoms with E-state index in [2.05, 4.69) is 15.5 Å². The van der Waals surface area contributed by atoms with Crippen molar-refractivity contribution in [1.29, 1.82) is 0 Å². The van der Waals surface area contributed by atoms with Crippen molar-refractivity contribution >= 4 is 5.95 Å². The number of hydrogen-bond donors (Lipinski definition) is 2. The Morgan fingerprint density at radius 2 is 2.06 bits per heavy atom. The van der Waals surface area contributed by atoms with Crippen molar-refractivity contribution in [2.45, 2.75) is 6.92 Å². The molecule has 0 atom stereocenters. The van der Waals surface area contributed by atoms with E-state index in [-0.39, 0.29) is 5.75 Å². The van der Waals surface area contributed by atoms with Crippen molar-refractivity contribution in [3.63, 3.8) is 0 Å². The third-order valence-electron chi connectivity index (χ3n) is 2.64. The molecule has 0 saturated heterocycles. The molecule has 0 radical (unpaired) electrons. The van der Waals surface area contributed by atoms with Gasteiger partial charge in [-0.1, -0.05) is 12.1 Å². The van der Waals surface area contributed by atoms with Gasteiger partial charge in [0.2, 0.25) is 5.95 Å². The molecule has 5 heteroatoms. The highest BCUT2D eigenvalue weighted by atomic mass is 16.3. The Kier molecular flexibility index (Phi) is 2.52. The van der Waals surface area contributed by atoms with Gasteiger partial charge in [0.25, 0.3) is 0 Å². The number of nitrogens with one attached hydrogen (secondary N) is 1. The van der Waals surface area contributed by atoms with Crippen LogP contribution in [0.25, 0.3) is 11.4 Å². The fourth-order valence-corrected chi connectivity index (χ4v) is 1.65. The zero-order valence-electron chi connectivity index (χ0n) is 9.52. The van der Waals surface area contributed by atoms with E-state index in [4.69, 9.17) is 0 Å². The van der Waals surface area contributed by atoms with Crippen LogP contribution in [0.5, 0.6) is 5.75 Å². The first-order valence-corrected chi connectivity index (χ1v) is 5.01. The molecule has 2 rings (SSSR count). The quantitative estimate of drug-likeness (QED) is 0.802. The Hall–Kier alpha value is -2.04. The van der Waals surface area contributed by atoms with E-state index in [9.17, 15) is 5.11 Å². The van der Waals surface area contributed by atoms with Gasteiger partial charge in [0.1, 0.15) is 5.75 Å². The first-order valence-electron chi connectivity index (χ1n) is 5.01. The lowest BCUT2D eigenvalue weighted by Crippen LogP contribution is -2.00. The Morgan fingerprint density at radius 1 is 1.31 bits per heavy atom. The lowest BCUT2D eigenvalue weighted by molar-refractivity contribution is 0.471. The van der Waals surface area contributed by atoms with Crippen LogP contribution >= 0.6 is 0 Å². The van der Waals surface area contributed by atoms with Gasteiger partial charge in [0, 0.05) is 25.2 Å². The molecular formula is C11H14N4O. The van der Waals surface area contributed by atoms with E-state index in [1.165, 1.54) is 0 Å². The van der Waals surface area contributed by atoms with E-state index in [1.807, 2.05) is 24.6 Å². The van der Waals surface area contributed by atoms with Crippen LogP contribution in [0.2, 0.25) is 0 Å². The molecular weight excluding hydrogens is 204 g/mol. The molecule has 1 heterocycles. The van der Waals surface area contributed by atoms with E-state index < -0.39 is 0 Å². The van der Waals surface area contributed by atoms with Crippen LogP contribution in [0.3, 0.4) is 0 Å². The number of phenols is 1. The van der Waals surface area contributed by atoms with Crippen molar-refractivity contribution < 1.29 is 5.11 Å². The van der Waals surface area contributed by atoms with Crippen LogP contribution in [0.4, 0.5) is 5.95 Å². The molecule has 0 spiro atoms. The van der Waals surface area contributed by atoms with Crippen LogP contribution in [0.1, 0.15) is 5.56 Å². The minimum Gasteiger partial charge on any atom is -0.508 e. The fraction of sp³-hybridized carbons (Fsp3) is 0.273. The first kappa shape index (κ1) is 10.5. The smallest absolute Gasteiger partial charge is 0.224 e. The van der Waals surface area contributed by atoms with Crippen molar-refractivity contribution in [2.75, 3.05) is 12.4 Å². The summed E-state index contributed by atoms with van der Waals surface area (Å²) in [6, 6.07) is 5.37. The lowest BCUT2D eigenvalue weighted by Gasteiger charge is -2.07. The summed E-state index contributed by atoms with van der Waals surface area (Å²) in [5, 5.41) is 20.7. The maximum atomic E-state index is 9.64. The second kappa shape index (κ2) is 3.84.